The van der Waals surface area contributed by atoms with E-state index < -0.39 is 0 Å². The summed E-state index contributed by atoms with van der Waals surface area (Å²) in [4.78, 5) is 27.1. The molecule has 0 amide bonds. The first-order chi connectivity index (χ1) is 13.3. The normalized spacial score (nSPS) is 18.3. The molecule has 5 nitrogen and oxygen atoms in total. The van der Waals surface area contributed by atoms with Gasteiger partial charge in [0.25, 0.3) is 5.56 Å². The number of para-hydroxylation sites is 2. The highest BCUT2D eigenvalue weighted by molar-refractivity contribution is 7.18. The van der Waals surface area contributed by atoms with E-state index >= 15 is 0 Å². The molecular weight excluding hydrogens is 356 g/mol. The molecule has 3 heterocycles. The number of nitrogens with one attached hydrogen (secondary N) is 1. The van der Waals surface area contributed by atoms with E-state index in [4.69, 9.17) is 4.98 Å². The van der Waals surface area contributed by atoms with Crippen LogP contribution < -0.4 is 5.56 Å². The number of likely N-dealkylation sites (tertiary alicyclic amines) is 1. The Labute approximate surface area is 160 Å². The highest BCUT2D eigenvalue weighted by atomic mass is 32.1. The van der Waals surface area contributed by atoms with Crippen LogP contribution in [0.15, 0.2) is 53.3 Å². The van der Waals surface area contributed by atoms with Crippen LogP contribution in [0, 0.1) is 0 Å². The molecule has 1 N–H and O–H groups in total. The number of rotatable bonds is 3. The molecule has 1 saturated heterocycles. The molecule has 2 aromatic heterocycles. The molecule has 1 atom stereocenters. The van der Waals surface area contributed by atoms with E-state index in [9.17, 15) is 4.79 Å². The third-order valence-corrected chi connectivity index (χ3v) is 6.40. The first kappa shape index (κ1) is 16.6. The van der Waals surface area contributed by atoms with E-state index in [0.29, 0.717) is 17.8 Å². The maximum atomic E-state index is 12.3. The van der Waals surface area contributed by atoms with Crippen molar-refractivity contribution in [3.8, 4) is 0 Å². The lowest BCUT2D eigenvalue weighted by Crippen LogP contribution is -2.35. The van der Waals surface area contributed by atoms with Crippen LogP contribution in [0.4, 0.5) is 0 Å². The van der Waals surface area contributed by atoms with Gasteiger partial charge in [-0.1, -0.05) is 24.3 Å². The van der Waals surface area contributed by atoms with Crippen molar-refractivity contribution in [1.82, 2.24) is 19.9 Å². The van der Waals surface area contributed by atoms with Gasteiger partial charge in [-0.15, -0.1) is 11.3 Å². The molecule has 0 aliphatic carbocycles. The van der Waals surface area contributed by atoms with Crippen molar-refractivity contribution in [1.29, 1.82) is 0 Å². The van der Waals surface area contributed by atoms with Crippen LogP contribution in [0.2, 0.25) is 0 Å². The van der Waals surface area contributed by atoms with E-state index in [1.54, 1.807) is 11.3 Å². The van der Waals surface area contributed by atoms with Crippen molar-refractivity contribution >= 4 is 32.5 Å². The van der Waals surface area contributed by atoms with Crippen LogP contribution in [-0.4, -0.2) is 32.9 Å². The van der Waals surface area contributed by atoms with Crippen LogP contribution in [-0.2, 0) is 6.54 Å². The molecule has 1 fully saturated rings. The third-order valence-electron chi connectivity index (χ3n) is 5.20. The van der Waals surface area contributed by atoms with Crippen LogP contribution >= 0.6 is 11.3 Å². The second-order valence-corrected chi connectivity index (χ2v) is 8.19. The summed E-state index contributed by atoms with van der Waals surface area (Å²) in [6.45, 7) is 2.65. The predicted octanol–water partition coefficient (Wildman–Crippen LogP) is 3.91. The highest BCUT2D eigenvalue weighted by Gasteiger charge is 2.24. The lowest BCUT2D eigenvalue weighted by molar-refractivity contribution is 0.196. The van der Waals surface area contributed by atoms with E-state index in [0.717, 1.165) is 42.8 Å². The van der Waals surface area contributed by atoms with Crippen molar-refractivity contribution < 1.29 is 0 Å². The average Bonchev–Trinajstić information content (AvgIpc) is 3.13. The molecule has 2 aromatic carbocycles. The Bertz CT molecular complexity index is 1130. The molecule has 0 spiro atoms. The molecule has 4 aromatic rings. The minimum Gasteiger partial charge on any atom is -0.309 e. The fraction of sp³-hybridized carbons (Fsp3) is 0.286. The van der Waals surface area contributed by atoms with Gasteiger partial charge in [0.1, 0.15) is 5.82 Å². The Morgan fingerprint density at radius 1 is 1.07 bits per heavy atom. The molecule has 136 valence electrons. The molecule has 0 saturated carbocycles. The maximum absolute atomic E-state index is 12.3. The summed E-state index contributed by atoms with van der Waals surface area (Å²) in [5.41, 5.74) is 1.79. The van der Waals surface area contributed by atoms with E-state index in [2.05, 4.69) is 33.1 Å². The highest BCUT2D eigenvalue weighted by Crippen LogP contribution is 2.33. The van der Waals surface area contributed by atoms with E-state index in [-0.39, 0.29) is 5.56 Å². The Morgan fingerprint density at radius 2 is 1.89 bits per heavy atom. The standard InChI is InChI=1S/C21H20N4OS/c26-20-15-7-1-2-8-16(15)22-19(24-20)13-25-11-5-6-14(12-25)21-23-17-9-3-4-10-18(17)27-21/h1-4,7-10,14H,5-6,11-13H2,(H,22,24,26)/t14-/m0/s1. The van der Waals surface area contributed by atoms with Gasteiger partial charge in [-0.05, 0) is 43.7 Å². The van der Waals surface area contributed by atoms with Crippen molar-refractivity contribution in [3.63, 3.8) is 0 Å². The van der Waals surface area contributed by atoms with Crippen molar-refractivity contribution in [2.24, 2.45) is 0 Å². The molecule has 5 rings (SSSR count). The summed E-state index contributed by atoms with van der Waals surface area (Å²) in [5, 5.41) is 1.87. The summed E-state index contributed by atoms with van der Waals surface area (Å²) in [7, 11) is 0. The van der Waals surface area contributed by atoms with Crippen molar-refractivity contribution in [2.75, 3.05) is 13.1 Å². The maximum Gasteiger partial charge on any atom is 0.258 e. The minimum atomic E-state index is -0.0599. The molecular formula is C21H20N4OS. The van der Waals surface area contributed by atoms with Crippen LogP contribution in [0.1, 0.15) is 29.6 Å². The Morgan fingerprint density at radius 3 is 2.78 bits per heavy atom. The number of fused-ring (bicyclic) bond motifs is 2. The van der Waals surface area contributed by atoms with Gasteiger partial charge < -0.3 is 4.98 Å². The summed E-state index contributed by atoms with van der Waals surface area (Å²) >= 11 is 1.81. The third kappa shape index (κ3) is 3.26. The molecule has 1 aliphatic heterocycles. The quantitative estimate of drug-likeness (QED) is 0.589. The summed E-state index contributed by atoms with van der Waals surface area (Å²) in [6, 6.07) is 15.8. The molecule has 0 bridgehead atoms. The van der Waals surface area contributed by atoms with Crippen molar-refractivity contribution in [2.45, 2.75) is 25.3 Å². The topological polar surface area (TPSA) is 61.9 Å². The fourth-order valence-corrected chi connectivity index (χ4v) is 4.98. The number of piperidine rings is 1. The molecule has 0 radical (unpaired) electrons. The first-order valence-electron chi connectivity index (χ1n) is 9.32. The largest absolute Gasteiger partial charge is 0.309 e. The van der Waals surface area contributed by atoms with Gasteiger partial charge in [0.05, 0.1) is 32.7 Å². The smallest absolute Gasteiger partial charge is 0.258 e. The van der Waals surface area contributed by atoms with Gasteiger partial charge in [0.2, 0.25) is 0 Å². The zero-order chi connectivity index (χ0) is 18.2. The number of nitrogens with zero attached hydrogens (tertiary/aromatic N) is 3. The summed E-state index contributed by atoms with van der Waals surface area (Å²) in [6.07, 6.45) is 2.30. The van der Waals surface area contributed by atoms with E-state index in [1.165, 1.54) is 9.71 Å². The minimum absolute atomic E-state index is 0.0599. The number of hydrogen-bond donors (Lipinski definition) is 1. The lowest BCUT2D eigenvalue weighted by atomic mass is 9.99. The molecule has 1 aliphatic rings. The second kappa shape index (κ2) is 6.87. The number of thiazole rings is 1. The first-order valence-corrected chi connectivity index (χ1v) is 10.1. The van der Waals surface area contributed by atoms with Gasteiger partial charge in [-0.2, -0.15) is 0 Å². The van der Waals surface area contributed by atoms with Crippen LogP contribution in [0.5, 0.6) is 0 Å². The predicted molar refractivity (Wildman–Crippen MR) is 109 cm³/mol. The van der Waals surface area contributed by atoms with Gasteiger partial charge in [0.15, 0.2) is 0 Å². The monoisotopic (exact) mass is 376 g/mol. The number of benzene rings is 2. The Hall–Kier alpha value is -2.57. The van der Waals surface area contributed by atoms with Crippen LogP contribution in [0.25, 0.3) is 21.1 Å². The SMILES string of the molecule is O=c1[nH]c(CN2CCC[C@H](c3nc4ccccc4s3)C2)nc2ccccc12. The average molecular weight is 376 g/mol. The van der Waals surface area contributed by atoms with Gasteiger partial charge >= 0.3 is 0 Å². The Kier molecular flexibility index (Phi) is 4.22. The van der Waals surface area contributed by atoms with Gasteiger partial charge in [-0.25, -0.2) is 9.97 Å². The van der Waals surface area contributed by atoms with Gasteiger partial charge in [-0.3, -0.25) is 9.69 Å². The van der Waals surface area contributed by atoms with Crippen molar-refractivity contribution in [3.05, 3.63) is 69.7 Å². The summed E-state index contributed by atoms with van der Waals surface area (Å²) < 4.78 is 1.25. The second-order valence-electron chi connectivity index (χ2n) is 7.12. The number of H-pyrrole nitrogens is 1. The van der Waals surface area contributed by atoms with Gasteiger partial charge in [0, 0.05) is 12.5 Å². The summed E-state index contributed by atoms with van der Waals surface area (Å²) in [5.74, 6) is 1.19. The number of aromatic nitrogens is 3. The molecule has 27 heavy (non-hydrogen) atoms. The molecule has 6 heteroatoms. The zero-order valence-corrected chi connectivity index (χ0v) is 15.7. The molecule has 0 unspecified atom stereocenters. The number of aromatic amines is 1. The number of hydrogen-bond acceptors (Lipinski definition) is 5. The van der Waals surface area contributed by atoms with Crippen LogP contribution in [0.3, 0.4) is 0 Å². The fourth-order valence-electron chi connectivity index (χ4n) is 3.89. The van der Waals surface area contributed by atoms with E-state index in [1.807, 2.05) is 30.3 Å². The Balaban J connectivity index is 1.37. The lowest BCUT2D eigenvalue weighted by Gasteiger charge is -2.31. The zero-order valence-electron chi connectivity index (χ0n) is 14.9.